The van der Waals surface area contributed by atoms with Crippen LogP contribution in [0, 0.1) is 5.92 Å². The van der Waals surface area contributed by atoms with Crippen LogP contribution in [0.15, 0.2) is 54.6 Å². The number of fused-ring (bicyclic) bond motifs is 1. The number of carbonyl (C=O) groups excluding carboxylic acids is 1. The number of benzene rings is 2. The number of hydrogen-bond acceptors (Lipinski definition) is 3. The lowest BCUT2D eigenvalue weighted by molar-refractivity contribution is -0.123. The fourth-order valence-electron chi connectivity index (χ4n) is 4.80. The van der Waals surface area contributed by atoms with E-state index in [1.54, 1.807) is 0 Å². The van der Waals surface area contributed by atoms with Crippen LogP contribution in [0.5, 0.6) is 0 Å². The summed E-state index contributed by atoms with van der Waals surface area (Å²) in [4.78, 5) is 17.7. The number of nitrogens with two attached hydrogens (primary N) is 1. The van der Waals surface area contributed by atoms with Gasteiger partial charge in [-0.3, -0.25) is 9.69 Å². The zero-order valence-corrected chi connectivity index (χ0v) is 17.4. The van der Waals surface area contributed by atoms with E-state index in [0.29, 0.717) is 18.4 Å². The molecule has 2 aliphatic rings. The average Bonchev–Trinajstić information content (AvgIpc) is 3.28. The van der Waals surface area contributed by atoms with E-state index in [-0.39, 0.29) is 30.4 Å². The quantitative estimate of drug-likeness (QED) is 0.856. The molecule has 2 unspecified atom stereocenters. The van der Waals surface area contributed by atoms with E-state index in [9.17, 15) is 4.79 Å². The van der Waals surface area contributed by atoms with Gasteiger partial charge in [0, 0.05) is 30.7 Å². The Morgan fingerprint density at radius 1 is 1.11 bits per heavy atom. The molecule has 28 heavy (non-hydrogen) atoms. The average molecular weight is 400 g/mol. The summed E-state index contributed by atoms with van der Waals surface area (Å²) < 4.78 is 0. The smallest absolute Gasteiger partial charge is 0.244 e. The molecule has 0 aromatic heterocycles. The molecule has 5 heteroatoms. The minimum atomic E-state index is -0.138. The SMILES string of the molecule is CC(C(=O)N1c2ccccc2CC1C)N1C[C@@H](CN)[C@H](c2ccccc2)C1.Cl. The first-order valence-electron chi connectivity index (χ1n) is 10.00. The van der Waals surface area contributed by atoms with Crippen molar-refractivity contribution in [3.63, 3.8) is 0 Å². The first-order valence-corrected chi connectivity index (χ1v) is 10.00. The molecule has 0 radical (unpaired) electrons. The van der Waals surface area contributed by atoms with Crippen LogP contribution < -0.4 is 10.6 Å². The van der Waals surface area contributed by atoms with Crippen molar-refractivity contribution in [2.45, 2.75) is 38.3 Å². The summed E-state index contributed by atoms with van der Waals surface area (Å²) in [5.74, 6) is 0.998. The van der Waals surface area contributed by atoms with Crippen LogP contribution in [0.2, 0.25) is 0 Å². The molecule has 4 rings (SSSR count). The Hall–Kier alpha value is -1.88. The summed E-state index contributed by atoms with van der Waals surface area (Å²) in [7, 11) is 0. The van der Waals surface area contributed by atoms with Crippen LogP contribution in [0.4, 0.5) is 5.69 Å². The fraction of sp³-hybridized carbons (Fsp3) is 0.435. The maximum Gasteiger partial charge on any atom is 0.244 e. The number of carbonyl (C=O) groups is 1. The lowest BCUT2D eigenvalue weighted by Crippen LogP contribution is -2.48. The van der Waals surface area contributed by atoms with Gasteiger partial charge in [0.05, 0.1) is 6.04 Å². The molecule has 2 aromatic carbocycles. The van der Waals surface area contributed by atoms with Gasteiger partial charge in [0.1, 0.15) is 0 Å². The van der Waals surface area contributed by atoms with Gasteiger partial charge < -0.3 is 10.6 Å². The van der Waals surface area contributed by atoms with Gasteiger partial charge in [-0.05, 0) is 49.9 Å². The molecule has 2 N–H and O–H groups in total. The topological polar surface area (TPSA) is 49.6 Å². The van der Waals surface area contributed by atoms with E-state index in [4.69, 9.17) is 5.73 Å². The number of amides is 1. The molecule has 1 fully saturated rings. The lowest BCUT2D eigenvalue weighted by atomic mass is 9.89. The summed E-state index contributed by atoms with van der Waals surface area (Å²) in [5.41, 5.74) is 9.77. The van der Waals surface area contributed by atoms with E-state index >= 15 is 0 Å². The van der Waals surface area contributed by atoms with Gasteiger partial charge in [-0.25, -0.2) is 0 Å². The van der Waals surface area contributed by atoms with Gasteiger partial charge in [-0.15, -0.1) is 12.4 Å². The molecule has 150 valence electrons. The van der Waals surface area contributed by atoms with Crippen molar-refractivity contribution in [1.82, 2.24) is 4.90 Å². The normalized spacial score (nSPS) is 25.2. The Kier molecular flexibility index (Phi) is 6.43. The highest BCUT2D eigenvalue weighted by Gasteiger charge is 2.40. The monoisotopic (exact) mass is 399 g/mol. The highest BCUT2D eigenvalue weighted by atomic mass is 35.5. The maximum atomic E-state index is 13.4. The molecule has 2 heterocycles. The highest BCUT2D eigenvalue weighted by Crippen LogP contribution is 2.36. The molecule has 2 aliphatic heterocycles. The van der Waals surface area contributed by atoms with Crippen molar-refractivity contribution in [2.75, 3.05) is 24.5 Å². The number of para-hydroxylation sites is 1. The van der Waals surface area contributed by atoms with Gasteiger partial charge in [-0.1, -0.05) is 48.5 Å². The number of nitrogens with zero attached hydrogens (tertiary/aromatic N) is 2. The molecular weight excluding hydrogens is 370 g/mol. The van der Waals surface area contributed by atoms with Crippen molar-refractivity contribution in [2.24, 2.45) is 11.7 Å². The molecule has 1 amide bonds. The van der Waals surface area contributed by atoms with E-state index in [1.165, 1.54) is 11.1 Å². The minimum Gasteiger partial charge on any atom is -0.330 e. The Bertz CT molecular complexity index is 813. The van der Waals surface area contributed by atoms with E-state index in [0.717, 1.165) is 25.2 Å². The predicted molar refractivity (Wildman–Crippen MR) is 117 cm³/mol. The summed E-state index contributed by atoms with van der Waals surface area (Å²) in [6, 6.07) is 18.9. The van der Waals surface area contributed by atoms with Gasteiger partial charge in [0.15, 0.2) is 0 Å². The van der Waals surface area contributed by atoms with Crippen molar-refractivity contribution >= 4 is 24.0 Å². The Balaban J connectivity index is 0.00000225. The zero-order valence-electron chi connectivity index (χ0n) is 16.6. The zero-order chi connectivity index (χ0) is 19.0. The van der Waals surface area contributed by atoms with Gasteiger partial charge >= 0.3 is 0 Å². The number of rotatable bonds is 4. The second kappa shape index (κ2) is 8.64. The molecule has 1 saturated heterocycles. The van der Waals surface area contributed by atoms with Crippen molar-refractivity contribution in [1.29, 1.82) is 0 Å². The molecule has 0 spiro atoms. The third-order valence-corrected chi connectivity index (χ3v) is 6.35. The summed E-state index contributed by atoms with van der Waals surface area (Å²) in [6.45, 7) is 6.62. The molecule has 2 aromatic rings. The number of anilines is 1. The van der Waals surface area contributed by atoms with Gasteiger partial charge in [0.25, 0.3) is 0 Å². The maximum absolute atomic E-state index is 13.4. The van der Waals surface area contributed by atoms with Gasteiger partial charge in [-0.2, -0.15) is 0 Å². The Labute approximate surface area is 174 Å². The molecular formula is C23H30ClN3O. The van der Waals surface area contributed by atoms with E-state index in [2.05, 4.69) is 61.2 Å². The standard InChI is InChI=1S/C23H29N3O.ClH/c1-16-12-19-10-6-7-11-22(19)26(16)23(27)17(2)25-14-20(13-24)21(15-25)18-8-4-3-5-9-18;/h3-11,16-17,20-21H,12-15,24H2,1-2H3;1H/t16?,17?,20-,21+;/m1./s1. The fourth-order valence-corrected chi connectivity index (χ4v) is 4.80. The Morgan fingerprint density at radius 3 is 2.50 bits per heavy atom. The van der Waals surface area contributed by atoms with Gasteiger partial charge in [0.2, 0.25) is 5.91 Å². The largest absolute Gasteiger partial charge is 0.330 e. The lowest BCUT2D eigenvalue weighted by Gasteiger charge is -2.31. The van der Waals surface area contributed by atoms with Crippen LogP contribution in [0.25, 0.3) is 0 Å². The van der Waals surface area contributed by atoms with E-state index < -0.39 is 0 Å². The second-order valence-electron chi connectivity index (χ2n) is 8.03. The third-order valence-electron chi connectivity index (χ3n) is 6.35. The van der Waals surface area contributed by atoms with Crippen LogP contribution in [-0.4, -0.2) is 42.5 Å². The number of halogens is 1. The van der Waals surface area contributed by atoms with Crippen molar-refractivity contribution < 1.29 is 4.79 Å². The van der Waals surface area contributed by atoms with Crippen molar-refractivity contribution in [3.05, 3.63) is 65.7 Å². The van der Waals surface area contributed by atoms with Crippen LogP contribution in [0.3, 0.4) is 0 Å². The third kappa shape index (κ3) is 3.69. The number of hydrogen-bond donors (Lipinski definition) is 1. The molecule has 0 saturated carbocycles. The first-order chi connectivity index (χ1) is 13.1. The molecule has 4 nitrogen and oxygen atoms in total. The minimum absolute atomic E-state index is 0. The van der Waals surface area contributed by atoms with Crippen molar-refractivity contribution in [3.8, 4) is 0 Å². The van der Waals surface area contributed by atoms with E-state index in [1.807, 2.05) is 17.0 Å². The molecule has 0 bridgehead atoms. The number of likely N-dealkylation sites (tertiary alicyclic amines) is 1. The molecule has 4 atom stereocenters. The van der Waals surface area contributed by atoms with Crippen LogP contribution in [0.1, 0.15) is 30.9 Å². The molecule has 0 aliphatic carbocycles. The van der Waals surface area contributed by atoms with Crippen LogP contribution in [-0.2, 0) is 11.2 Å². The van der Waals surface area contributed by atoms with Crippen LogP contribution >= 0.6 is 12.4 Å². The first kappa shape index (κ1) is 20.8. The summed E-state index contributed by atoms with van der Waals surface area (Å²) in [5, 5.41) is 0. The second-order valence-corrected chi connectivity index (χ2v) is 8.03. The predicted octanol–water partition coefficient (Wildman–Crippen LogP) is 3.45. The highest BCUT2D eigenvalue weighted by molar-refractivity contribution is 5.99. The summed E-state index contributed by atoms with van der Waals surface area (Å²) >= 11 is 0. The Morgan fingerprint density at radius 2 is 1.79 bits per heavy atom. The summed E-state index contributed by atoms with van der Waals surface area (Å²) in [6.07, 6.45) is 0.937.